The van der Waals surface area contributed by atoms with Crippen LogP contribution in [0.5, 0.6) is 11.5 Å². The molecule has 0 amide bonds. The highest BCUT2D eigenvalue weighted by Gasteiger charge is 2.13. The SMILES string of the molecule is Cc1cc(Oc2ccc(F)c(Cl)c2)c(C(=O)O)cn1. The molecule has 6 heteroatoms. The molecule has 0 aliphatic carbocycles. The molecule has 0 atom stereocenters. The fraction of sp³-hybridized carbons (Fsp3) is 0.0769. The van der Waals surface area contributed by atoms with Crippen molar-refractivity contribution in [1.82, 2.24) is 4.98 Å². The molecule has 1 aromatic carbocycles. The Morgan fingerprint density at radius 1 is 1.42 bits per heavy atom. The summed E-state index contributed by atoms with van der Waals surface area (Å²) >= 11 is 5.63. The van der Waals surface area contributed by atoms with Crippen molar-refractivity contribution in [3.05, 3.63) is 52.6 Å². The zero-order valence-electron chi connectivity index (χ0n) is 9.85. The second-order valence-electron chi connectivity index (χ2n) is 3.80. The Balaban J connectivity index is 2.39. The van der Waals surface area contributed by atoms with E-state index in [1.165, 1.54) is 24.4 Å². The summed E-state index contributed by atoms with van der Waals surface area (Å²) in [4.78, 5) is 14.9. The Bertz CT molecular complexity index is 646. The minimum atomic E-state index is -1.16. The number of carboxylic acids is 1. The number of hydrogen-bond donors (Lipinski definition) is 1. The minimum Gasteiger partial charge on any atom is -0.477 e. The largest absolute Gasteiger partial charge is 0.477 e. The quantitative estimate of drug-likeness (QED) is 0.932. The van der Waals surface area contributed by atoms with Crippen LogP contribution >= 0.6 is 11.6 Å². The topological polar surface area (TPSA) is 59.4 Å². The van der Waals surface area contributed by atoms with Gasteiger partial charge in [0.05, 0.1) is 5.02 Å². The molecule has 0 aliphatic heterocycles. The molecule has 4 nitrogen and oxygen atoms in total. The molecule has 0 radical (unpaired) electrons. The number of hydrogen-bond acceptors (Lipinski definition) is 3. The summed E-state index contributed by atoms with van der Waals surface area (Å²) in [5.41, 5.74) is 0.527. The second kappa shape index (κ2) is 5.24. The van der Waals surface area contributed by atoms with Crippen molar-refractivity contribution in [3.63, 3.8) is 0 Å². The Morgan fingerprint density at radius 3 is 2.79 bits per heavy atom. The Labute approximate surface area is 113 Å². The molecule has 19 heavy (non-hydrogen) atoms. The van der Waals surface area contributed by atoms with E-state index in [0.29, 0.717) is 5.69 Å². The van der Waals surface area contributed by atoms with Gasteiger partial charge in [0.1, 0.15) is 22.9 Å². The molecule has 0 saturated carbocycles. The molecule has 1 aromatic heterocycles. The van der Waals surface area contributed by atoms with E-state index >= 15 is 0 Å². The molecule has 1 heterocycles. The van der Waals surface area contributed by atoms with Crippen molar-refractivity contribution in [2.45, 2.75) is 6.92 Å². The molecule has 0 fully saturated rings. The highest BCUT2D eigenvalue weighted by molar-refractivity contribution is 6.30. The van der Waals surface area contributed by atoms with Gasteiger partial charge in [0.25, 0.3) is 0 Å². The third-order valence-corrected chi connectivity index (χ3v) is 2.64. The van der Waals surface area contributed by atoms with Crippen LogP contribution in [0.1, 0.15) is 16.1 Å². The maximum Gasteiger partial charge on any atom is 0.341 e. The van der Waals surface area contributed by atoms with Crippen LogP contribution in [0.4, 0.5) is 4.39 Å². The van der Waals surface area contributed by atoms with Gasteiger partial charge in [-0.15, -0.1) is 0 Å². The van der Waals surface area contributed by atoms with Gasteiger partial charge in [-0.1, -0.05) is 11.6 Å². The van der Waals surface area contributed by atoms with E-state index in [-0.39, 0.29) is 22.1 Å². The molecule has 0 saturated heterocycles. The lowest BCUT2D eigenvalue weighted by Gasteiger charge is -2.09. The predicted octanol–water partition coefficient (Wildman–Crippen LogP) is 3.67. The zero-order valence-corrected chi connectivity index (χ0v) is 10.6. The smallest absolute Gasteiger partial charge is 0.341 e. The fourth-order valence-electron chi connectivity index (χ4n) is 1.45. The minimum absolute atomic E-state index is 0.0777. The zero-order chi connectivity index (χ0) is 14.0. The predicted molar refractivity (Wildman–Crippen MR) is 67.4 cm³/mol. The van der Waals surface area contributed by atoms with Gasteiger partial charge >= 0.3 is 5.97 Å². The molecular formula is C13H9ClFNO3. The lowest BCUT2D eigenvalue weighted by molar-refractivity contribution is 0.0693. The summed E-state index contributed by atoms with van der Waals surface area (Å²) in [6, 6.07) is 5.27. The summed E-state index contributed by atoms with van der Waals surface area (Å²) in [6.07, 6.45) is 1.21. The summed E-state index contributed by atoms with van der Waals surface area (Å²) < 4.78 is 18.4. The Morgan fingerprint density at radius 2 is 2.16 bits per heavy atom. The first kappa shape index (κ1) is 13.3. The highest BCUT2D eigenvalue weighted by Crippen LogP contribution is 2.28. The standard InChI is InChI=1S/C13H9ClFNO3/c1-7-4-12(9(6-16-7)13(17)18)19-8-2-3-11(15)10(14)5-8/h2-6H,1H3,(H,17,18). The summed E-state index contributed by atoms with van der Waals surface area (Å²) in [5.74, 6) is -1.35. The van der Waals surface area contributed by atoms with Crippen molar-refractivity contribution < 1.29 is 19.0 Å². The third-order valence-electron chi connectivity index (χ3n) is 2.35. The van der Waals surface area contributed by atoms with Gasteiger partial charge in [0.15, 0.2) is 0 Å². The summed E-state index contributed by atoms with van der Waals surface area (Å²) in [5, 5.41) is 8.93. The van der Waals surface area contributed by atoms with Crippen molar-refractivity contribution in [1.29, 1.82) is 0 Å². The van der Waals surface area contributed by atoms with Crippen LogP contribution in [0.15, 0.2) is 30.5 Å². The van der Waals surface area contributed by atoms with Gasteiger partial charge < -0.3 is 9.84 Å². The van der Waals surface area contributed by atoms with Crippen LogP contribution in [0.2, 0.25) is 5.02 Å². The fourth-order valence-corrected chi connectivity index (χ4v) is 1.62. The number of pyridine rings is 1. The number of carboxylic acid groups (broad SMARTS) is 1. The number of ether oxygens (including phenoxy) is 1. The molecule has 0 unspecified atom stereocenters. The molecule has 2 aromatic rings. The number of aromatic nitrogens is 1. The number of aromatic carboxylic acids is 1. The lowest BCUT2D eigenvalue weighted by atomic mass is 10.2. The van der Waals surface area contributed by atoms with Crippen LogP contribution in [0, 0.1) is 12.7 Å². The number of nitrogens with zero attached hydrogens (tertiary/aromatic N) is 1. The monoisotopic (exact) mass is 281 g/mol. The van der Waals surface area contributed by atoms with Crippen LogP contribution < -0.4 is 4.74 Å². The third kappa shape index (κ3) is 3.00. The second-order valence-corrected chi connectivity index (χ2v) is 4.21. The molecule has 0 aliphatic rings. The molecule has 2 rings (SSSR count). The normalized spacial score (nSPS) is 10.3. The van der Waals surface area contributed by atoms with Crippen LogP contribution in [0.3, 0.4) is 0 Å². The van der Waals surface area contributed by atoms with Gasteiger partial charge in [-0.2, -0.15) is 0 Å². The van der Waals surface area contributed by atoms with Crippen LogP contribution in [-0.2, 0) is 0 Å². The van der Waals surface area contributed by atoms with Gasteiger partial charge in [0.2, 0.25) is 0 Å². The van der Waals surface area contributed by atoms with E-state index < -0.39 is 11.8 Å². The number of rotatable bonds is 3. The first-order valence-corrected chi connectivity index (χ1v) is 5.68. The van der Waals surface area contributed by atoms with Crippen molar-refractivity contribution in [3.8, 4) is 11.5 Å². The first-order valence-electron chi connectivity index (χ1n) is 5.30. The van der Waals surface area contributed by atoms with E-state index in [1.54, 1.807) is 6.92 Å². The maximum atomic E-state index is 13.0. The number of benzene rings is 1. The van der Waals surface area contributed by atoms with Crippen molar-refractivity contribution in [2.24, 2.45) is 0 Å². The number of aryl methyl sites for hydroxylation is 1. The van der Waals surface area contributed by atoms with Gasteiger partial charge in [-0.05, 0) is 19.1 Å². The first-order chi connectivity index (χ1) is 8.97. The van der Waals surface area contributed by atoms with E-state index in [0.717, 1.165) is 6.07 Å². The van der Waals surface area contributed by atoms with Crippen LogP contribution in [0.25, 0.3) is 0 Å². The molecule has 0 spiro atoms. The van der Waals surface area contributed by atoms with Crippen molar-refractivity contribution >= 4 is 17.6 Å². The highest BCUT2D eigenvalue weighted by atomic mass is 35.5. The van der Waals surface area contributed by atoms with E-state index in [9.17, 15) is 9.18 Å². The van der Waals surface area contributed by atoms with Crippen LogP contribution in [-0.4, -0.2) is 16.1 Å². The average molecular weight is 282 g/mol. The van der Waals surface area contributed by atoms with E-state index in [2.05, 4.69) is 4.98 Å². The van der Waals surface area contributed by atoms with Gasteiger partial charge in [-0.25, -0.2) is 9.18 Å². The Kier molecular flexibility index (Phi) is 3.66. The Hall–Kier alpha value is -2.14. The number of carbonyl (C=O) groups is 1. The van der Waals surface area contributed by atoms with E-state index in [4.69, 9.17) is 21.4 Å². The van der Waals surface area contributed by atoms with Crippen molar-refractivity contribution in [2.75, 3.05) is 0 Å². The summed E-state index contributed by atoms with van der Waals surface area (Å²) in [6.45, 7) is 1.70. The molecule has 98 valence electrons. The number of halogens is 2. The molecular weight excluding hydrogens is 273 g/mol. The lowest BCUT2D eigenvalue weighted by Crippen LogP contribution is -2.02. The van der Waals surface area contributed by atoms with Gasteiger partial charge in [0, 0.05) is 24.0 Å². The van der Waals surface area contributed by atoms with E-state index in [1.807, 2.05) is 0 Å². The maximum absolute atomic E-state index is 13.0. The molecule has 0 bridgehead atoms. The summed E-state index contributed by atoms with van der Waals surface area (Å²) in [7, 11) is 0. The van der Waals surface area contributed by atoms with Gasteiger partial charge in [-0.3, -0.25) is 4.98 Å². The average Bonchev–Trinajstić information content (AvgIpc) is 2.33. The molecule has 1 N–H and O–H groups in total.